The number of rotatable bonds is 3. The molecule has 0 saturated heterocycles. The Bertz CT molecular complexity index is 375. The fourth-order valence-corrected chi connectivity index (χ4v) is 2.79. The van der Waals surface area contributed by atoms with Crippen molar-refractivity contribution in [1.29, 1.82) is 0 Å². The van der Waals surface area contributed by atoms with E-state index < -0.39 is 5.60 Å². The minimum absolute atomic E-state index is 0.650. The number of hydrogen-bond acceptors (Lipinski definition) is 1. The van der Waals surface area contributed by atoms with Gasteiger partial charge in [0.25, 0.3) is 0 Å². The highest BCUT2D eigenvalue weighted by molar-refractivity contribution is 5.34. The van der Waals surface area contributed by atoms with Gasteiger partial charge in [0.05, 0.1) is 5.60 Å². The van der Waals surface area contributed by atoms with Crippen molar-refractivity contribution in [2.24, 2.45) is 5.92 Å². The zero-order valence-corrected chi connectivity index (χ0v) is 10.6. The quantitative estimate of drug-likeness (QED) is 0.820. The molecule has 0 amide bonds. The summed E-state index contributed by atoms with van der Waals surface area (Å²) in [5, 5.41) is 10.6. The van der Waals surface area contributed by atoms with Gasteiger partial charge < -0.3 is 5.11 Å². The van der Waals surface area contributed by atoms with Gasteiger partial charge in [0.2, 0.25) is 0 Å². The van der Waals surface area contributed by atoms with Gasteiger partial charge in [-0.25, -0.2) is 0 Å². The van der Waals surface area contributed by atoms with E-state index in [1.165, 1.54) is 30.4 Å². The van der Waals surface area contributed by atoms with Crippen molar-refractivity contribution in [3.63, 3.8) is 0 Å². The predicted molar refractivity (Wildman–Crippen MR) is 67.4 cm³/mol. The lowest BCUT2D eigenvalue weighted by Crippen LogP contribution is -2.28. The Morgan fingerprint density at radius 3 is 2.50 bits per heavy atom. The van der Waals surface area contributed by atoms with Crippen LogP contribution < -0.4 is 0 Å². The molecule has 1 aliphatic carbocycles. The highest BCUT2D eigenvalue weighted by Crippen LogP contribution is 2.38. The number of hydrogen-bond donors (Lipinski definition) is 1. The molecule has 1 heteroatoms. The number of aryl methyl sites for hydroxylation is 2. The van der Waals surface area contributed by atoms with E-state index in [1.807, 2.05) is 6.92 Å². The summed E-state index contributed by atoms with van der Waals surface area (Å²) < 4.78 is 0. The molecule has 0 bridgehead atoms. The van der Waals surface area contributed by atoms with Crippen LogP contribution in [0.25, 0.3) is 0 Å². The van der Waals surface area contributed by atoms with Gasteiger partial charge in [-0.1, -0.05) is 43.0 Å². The largest absolute Gasteiger partial charge is 0.385 e. The fourth-order valence-electron chi connectivity index (χ4n) is 2.79. The maximum Gasteiger partial charge on any atom is 0.0873 e. The molecule has 0 spiro atoms. The van der Waals surface area contributed by atoms with Crippen LogP contribution in [0, 0.1) is 19.8 Å². The standard InChI is InChI=1S/C15H22O/c1-11-7-8-14(12(2)9-11)15(3,16)10-13-5-4-6-13/h7-9,13,16H,4-6,10H2,1-3H3. The van der Waals surface area contributed by atoms with Crippen LogP contribution in [0.2, 0.25) is 0 Å². The van der Waals surface area contributed by atoms with Crippen molar-refractivity contribution in [1.82, 2.24) is 0 Å². The van der Waals surface area contributed by atoms with Crippen molar-refractivity contribution >= 4 is 0 Å². The summed E-state index contributed by atoms with van der Waals surface area (Å²) in [6.45, 7) is 6.15. The van der Waals surface area contributed by atoms with Gasteiger partial charge in [-0.15, -0.1) is 0 Å². The SMILES string of the molecule is Cc1ccc(C(C)(O)CC2CCC2)c(C)c1. The monoisotopic (exact) mass is 218 g/mol. The Morgan fingerprint density at radius 2 is 2.00 bits per heavy atom. The molecule has 2 rings (SSSR count). The Hall–Kier alpha value is -0.820. The first-order valence-electron chi connectivity index (χ1n) is 6.29. The summed E-state index contributed by atoms with van der Waals surface area (Å²) in [4.78, 5) is 0. The molecule has 1 nitrogen and oxygen atoms in total. The second-order valence-electron chi connectivity index (χ2n) is 5.59. The topological polar surface area (TPSA) is 20.2 Å². The van der Waals surface area contributed by atoms with Crippen LogP contribution in [0.4, 0.5) is 0 Å². The molecule has 0 radical (unpaired) electrons. The van der Waals surface area contributed by atoms with E-state index in [0.717, 1.165) is 17.9 Å². The molecule has 0 heterocycles. The smallest absolute Gasteiger partial charge is 0.0873 e. The zero-order valence-electron chi connectivity index (χ0n) is 10.6. The summed E-state index contributed by atoms with van der Waals surface area (Å²) in [7, 11) is 0. The lowest BCUT2D eigenvalue weighted by atomic mass is 9.75. The van der Waals surface area contributed by atoms with Crippen LogP contribution in [-0.4, -0.2) is 5.11 Å². The molecule has 1 aromatic rings. The normalized spacial score (nSPS) is 20.2. The van der Waals surface area contributed by atoms with Crippen LogP contribution in [0.5, 0.6) is 0 Å². The molecule has 1 saturated carbocycles. The van der Waals surface area contributed by atoms with E-state index in [0.29, 0.717) is 0 Å². The fraction of sp³-hybridized carbons (Fsp3) is 0.600. The van der Waals surface area contributed by atoms with Gasteiger partial charge in [-0.3, -0.25) is 0 Å². The highest BCUT2D eigenvalue weighted by Gasteiger charge is 2.31. The zero-order chi connectivity index (χ0) is 11.8. The Kier molecular flexibility index (Phi) is 3.07. The van der Waals surface area contributed by atoms with Gasteiger partial charge in [-0.2, -0.15) is 0 Å². The molecule has 1 unspecified atom stereocenters. The molecule has 0 aliphatic heterocycles. The molecule has 16 heavy (non-hydrogen) atoms. The Balaban J connectivity index is 2.19. The van der Waals surface area contributed by atoms with Crippen LogP contribution in [0.1, 0.15) is 49.3 Å². The molecule has 1 aliphatic rings. The van der Waals surface area contributed by atoms with Crippen molar-refractivity contribution in [3.05, 3.63) is 34.9 Å². The third kappa shape index (κ3) is 2.30. The lowest BCUT2D eigenvalue weighted by molar-refractivity contribution is 0.0156. The summed E-state index contributed by atoms with van der Waals surface area (Å²) in [5.74, 6) is 0.732. The summed E-state index contributed by atoms with van der Waals surface area (Å²) >= 11 is 0. The molecule has 1 aromatic carbocycles. The molecular weight excluding hydrogens is 196 g/mol. The summed E-state index contributed by atoms with van der Waals surface area (Å²) in [6, 6.07) is 6.34. The maximum atomic E-state index is 10.6. The Morgan fingerprint density at radius 1 is 1.31 bits per heavy atom. The lowest BCUT2D eigenvalue weighted by Gasteiger charge is -2.34. The van der Waals surface area contributed by atoms with Crippen LogP contribution in [0.15, 0.2) is 18.2 Å². The Labute approximate surface area is 98.5 Å². The van der Waals surface area contributed by atoms with Crippen molar-refractivity contribution in [3.8, 4) is 0 Å². The van der Waals surface area contributed by atoms with Gasteiger partial charge in [0.1, 0.15) is 0 Å². The average molecular weight is 218 g/mol. The van der Waals surface area contributed by atoms with E-state index in [4.69, 9.17) is 0 Å². The number of aliphatic hydroxyl groups is 1. The number of benzene rings is 1. The van der Waals surface area contributed by atoms with E-state index >= 15 is 0 Å². The van der Waals surface area contributed by atoms with Crippen LogP contribution in [0.3, 0.4) is 0 Å². The van der Waals surface area contributed by atoms with E-state index in [9.17, 15) is 5.11 Å². The van der Waals surface area contributed by atoms with E-state index in [1.54, 1.807) is 0 Å². The minimum atomic E-state index is -0.650. The van der Waals surface area contributed by atoms with E-state index in [-0.39, 0.29) is 0 Å². The van der Waals surface area contributed by atoms with Crippen molar-refractivity contribution in [2.45, 2.75) is 52.1 Å². The third-order valence-corrected chi connectivity index (χ3v) is 3.87. The van der Waals surface area contributed by atoms with Crippen LogP contribution >= 0.6 is 0 Å². The van der Waals surface area contributed by atoms with Crippen molar-refractivity contribution in [2.75, 3.05) is 0 Å². The summed E-state index contributed by atoms with van der Waals surface area (Å²) in [5.41, 5.74) is 2.93. The maximum absolute atomic E-state index is 10.6. The van der Waals surface area contributed by atoms with Gasteiger partial charge >= 0.3 is 0 Å². The summed E-state index contributed by atoms with van der Waals surface area (Å²) in [6.07, 6.45) is 4.84. The predicted octanol–water partition coefficient (Wildman–Crippen LogP) is 3.70. The highest BCUT2D eigenvalue weighted by atomic mass is 16.3. The van der Waals surface area contributed by atoms with E-state index in [2.05, 4.69) is 32.0 Å². The van der Waals surface area contributed by atoms with Gasteiger partial charge in [0, 0.05) is 0 Å². The molecule has 88 valence electrons. The third-order valence-electron chi connectivity index (χ3n) is 3.87. The minimum Gasteiger partial charge on any atom is -0.385 e. The molecule has 0 aromatic heterocycles. The van der Waals surface area contributed by atoms with Crippen molar-refractivity contribution < 1.29 is 5.11 Å². The first kappa shape index (κ1) is 11.7. The molecule has 1 fully saturated rings. The van der Waals surface area contributed by atoms with Gasteiger partial charge in [-0.05, 0) is 44.2 Å². The second kappa shape index (κ2) is 4.21. The second-order valence-corrected chi connectivity index (χ2v) is 5.59. The van der Waals surface area contributed by atoms with Crippen LogP contribution in [-0.2, 0) is 5.60 Å². The first-order valence-corrected chi connectivity index (χ1v) is 6.29. The molecule has 1 N–H and O–H groups in total. The van der Waals surface area contributed by atoms with Gasteiger partial charge in [0.15, 0.2) is 0 Å². The first-order chi connectivity index (χ1) is 7.49. The molecule has 1 atom stereocenters. The average Bonchev–Trinajstić information content (AvgIpc) is 2.11. The molecular formula is C15H22O.